The maximum Gasteiger partial charge on any atom is 0.169 e. The van der Waals surface area contributed by atoms with E-state index in [9.17, 15) is 0 Å². The fourth-order valence-electron chi connectivity index (χ4n) is 0.488. The van der Waals surface area contributed by atoms with Crippen LogP contribution in [0.25, 0.3) is 0 Å². The van der Waals surface area contributed by atoms with Crippen LogP contribution in [0.1, 0.15) is 34.1 Å². The topological polar surface area (TPSA) is 21.6 Å². The molecule has 0 aliphatic carbocycles. The summed E-state index contributed by atoms with van der Waals surface area (Å²) in [6.45, 7) is 9.20. The van der Waals surface area contributed by atoms with E-state index in [2.05, 4.69) is 32.7 Å². The van der Waals surface area contributed by atoms with Gasteiger partial charge in [0.1, 0.15) is 0 Å². The summed E-state index contributed by atoms with van der Waals surface area (Å²) in [6.07, 6.45) is 2.65. The molecule has 0 amide bonds. The molecule has 0 aromatic rings. The van der Waals surface area contributed by atoms with Crippen molar-refractivity contribution >= 4 is 6.40 Å². The third kappa shape index (κ3) is 7.37. The van der Waals surface area contributed by atoms with E-state index in [-0.39, 0.29) is 0 Å². The first-order valence-electron chi connectivity index (χ1n) is 4.30. The largest absolute Gasteiger partial charge is 0.483 e. The summed E-state index contributed by atoms with van der Waals surface area (Å²) in [5, 5.41) is 0. The first-order valence-corrected chi connectivity index (χ1v) is 4.30. The van der Waals surface area contributed by atoms with Gasteiger partial charge in [0.25, 0.3) is 0 Å². The average Bonchev–Trinajstić information content (AvgIpc) is 1.97. The van der Waals surface area contributed by atoms with Gasteiger partial charge in [0.2, 0.25) is 0 Å². The molecule has 1 unspecified atom stereocenters. The number of ether oxygens (including phenoxy) is 1. The van der Waals surface area contributed by atoms with E-state index >= 15 is 0 Å². The summed E-state index contributed by atoms with van der Waals surface area (Å²) in [7, 11) is 0. The summed E-state index contributed by atoms with van der Waals surface area (Å²) in [4.78, 5) is 4.17. The molecule has 1 atom stereocenters. The van der Waals surface area contributed by atoms with Gasteiger partial charge >= 0.3 is 0 Å². The second kappa shape index (κ2) is 6.20. The van der Waals surface area contributed by atoms with E-state index in [1.54, 1.807) is 6.40 Å². The Kier molecular flexibility index (Phi) is 5.90. The highest BCUT2D eigenvalue weighted by atomic mass is 16.5. The van der Waals surface area contributed by atoms with Gasteiger partial charge in [-0.15, -0.1) is 0 Å². The summed E-state index contributed by atoms with van der Waals surface area (Å²) in [6, 6.07) is 0.391. The van der Waals surface area contributed by atoms with Crippen molar-refractivity contribution in [3.8, 4) is 0 Å². The van der Waals surface area contributed by atoms with Crippen LogP contribution in [0.2, 0.25) is 0 Å². The van der Waals surface area contributed by atoms with Crippen molar-refractivity contribution < 1.29 is 4.74 Å². The standard InChI is InChI=1S/C9H19NO/c1-5-9(4)10-7-11-6-8(2)3/h7-9H,5-6H2,1-4H3. The molecule has 0 saturated carbocycles. The third-order valence-electron chi connectivity index (χ3n) is 1.41. The molecular weight excluding hydrogens is 138 g/mol. The maximum atomic E-state index is 5.18. The van der Waals surface area contributed by atoms with E-state index in [1.165, 1.54) is 0 Å². The van der Waals surface area contributed by atoms with Crippen molar-refractivity contribution in [2.45, 2.75) is 40.2 Å². The average molecular weight is 157 g/mol. The van der Waals surface area contributed by atoms with E-state index in [4.69, 9.17) is 4.74 Å². The lowest BCUT2D eigenvalue weighted by molar-refractivity contribution is 0.269. The number of rotatable bonds is 5. The molecule has 0 aliphatic rings. The molecule has 0 aromatic carbocycles. The molecule has 0 fully saturated rings. The quantitative estimate of drug-likeness (QED) is 0.444. The normalized spacial score (nSPS) is 14.3. The zero-order valence-electron chi connectivity index (χ0n) is 8.00. The van der Waals surface area contributed by atoms with E-state index in [0.717, 1.165) is 13.0 Å². The van der Waals surface area contributed by atoms with E-state index < -0.39 is 0 Å². The molecule has 0 rings (SSSR count). The number of nitrogens with zero attached hydrogens (tertiary/aromatic N) is 1. The summed E-state index contributed by atoms with van der Waals surface area (Å²) in [5.74, 6) is 0.582. The van der Waals surface area contributed by atoms with Gasteiger partial charge in [0.15, 0.2) is 6.40 Å². The molecule has 0 heterocycles. The van der Waals surface area contributed by atoms with Crippen LogP contribution in [-0.2, 0) is 4.74 Å². The van der Waals surface area contributed by atoms with Gasteiger partial charge in [-0.3, -0.25) is 4.99 Å². The van der Waals surface area contributed by atoms with Crippen LogP contribution in [0.3, 0.4) is 0 Å². The highest BCUT2D eigenvalue weighted by Gasteiger charge is 1.92. The molecule has 11 heavy (non-hydrogen) atoms. The van der Waals surface area contributed by atoms with Crippen molar-refractivity contribution in [1.29, 1.82) is 0 Å². The van der Waals surface area contributed by atoms with Crippen LogP contribution in [0.15, 0.2) is 4.99 Å². The van der Waals surface area contributed by atoms with Crippen molar-refractivity contribution in [3.05, 3.63) is 0 Å². The summed E-state index contributed by atoms with van der Waals surface area (Å²) >= 11 is 0. The molecule has 0 radical (unpaired) electrons. The summed E-state index contributed by atoms with van der Waals surface area (Å²) in [5.41, 5.74) is 0. The second-order valence-corrected chi connectivity index (χ2v) is 3.24. The molecular formula is C9H19NO. The lowest BCUT2D eigenvalue weighted by Crippen LogP contribution is -2.02. The first-order chi connectivity index (χ1) is 5.16. The van der Waals surface area contributed by atoms with Crippen LogP contribution in [0.5, 0.6) is 0 Å². The van der Waals surface area contributed by atoms with Gasteiger partial charge in [0, 0.05) is 0 Å². The SMILES string of the molecule is CCC(C)N=COCC(C)C. The van der Waals surface area contributed by atoms with Gasteiger partial charge < -0.3 is 4.74 Å². The Balaban J connectivity index is 3.29. The number of hydrogen-bond acceptors (Lipinski definition) is 2. The second-order valence-electron chi connectivity index (χ2n) is 3.24. The zero-order valence-corrected chi connectivity index (χ0v) is 8.00. The van der Waals surface area contributed by atoms with Crippen molar-refractivity contribution in [2.24, 2.45) is 10.9 Å². The fourth-order valence-corrected chi connectivity index (χ4v) is 0.488. The highest BCUT2D eigenvalue weighted by molar-refractivity contribution is 5.46. The maximum absolute atomic E-state index is 5.18. The zero-order chi connectivity index (χ0) is 8.69. The number of hydrogen-bond donors (Lipinski definition) is 0. The lowest BCUT2D eigenvalue weighted by atomic mass is 10.2. The van der Waals surface area contributed by atoms with Crippen molar-refractivity contribution in [2.75, 3.05) is 6.61 Å². The Labute approximate surface area is 69.7 Å². The Morgan fingerprint density at radius 2 is 2.00 bits per heavy atom. The minimum Gasteiger partial charge on any atom is -0.483 e. The molecule has 0 aliphatic heterocycles. The fraction of sp³-hybridized carbons (Fsp3) is 0.889. The minimum atomic E-state index is 0.391. The molecule has 0 spiro atoms. The molecule has 2 nitrogen and oxygen atoms in total. The van der Waals surface area contributed by atoms with E-state index in [0.29, 0.717) is 12.0 Å². The molecule has 0 saturated heterocycles. The Morgan fingerprint density at radius 1 is 1.36 bits per heavy atom. The van der Waals surface area contributed by atoms with Crippen LogP contribution in [0, 0.1) is 5.92 Å². The van der Waals surface area contributed by atoms with Gasteiger partial charge in [0.05, 0.1) is 12.6 Å². The summed E-state index contributed by atoms with van der Waals surface area (Å²) < 4.78 is 5.18. The van der Waals surface area contributed by atoms with Gasteiger partial charge in [-0.05, 0) is 19.3 Å². The third-order valence-corrected chi connectivity index (χ3v) is 1.41. The van der Waals surface area contributed by atoms with Gasteiger partial charge in [-0.25, -0.2) is 0 Å². The monoisotopic (exact) mass is 157 g/mol. The predicted octanol–water partition coefficient (Wildman–Crippen LogP) is 2.49. The van der Waals surface area contributed by atoms with Crippen LogP contribution in [-0.4, -0.2) is 19.0 Å². The molecule has 0 aromatic heterocycles. The Bertz CT molecular complexity index is 110. The molecule has 0 bridgehead atoms. The van der Waals surface area contributed by atoms with Gasteiger partial charge in [-0.2, -0.15) is 0 Å². The lowest BCUT2D eigenvalue weighted by Gasteiger charge is -2.04. The van der Waals surface area contributed by atoms with E-state index in [1.807, 2.05) is 0 Å². The predicted molar refractivity (Wildman–Crippen MR) is 49.0 cm³/mol. The minimum absolute atomic E-state index is 0.391. The van der Waals surface area contributed by atoms with Gasteiger partial charge in [-0.1, -0.05) is 20.8 Å². The Hall–Kier alpha value is -0.530. The number of aliphatic imine (C=N–C) groups is 1. The molecule has 2 heteroatoms. The highest BCUT2D eigenvalue weighted by Crippen LogP contribution is 1.94. The molecule has 66 valence electrons. The van der Waals surface area contributed by atoms with Crippen LogP contribution < -0.4 is 0 Å². The molecule has 0 N–H and O–H groups in total. The van der Waals surface area contributed by atoms with Crippen LogP contribution in [0.4, 0.5) is 0 Å². The van der Waals surface area contributed by atoms with Crippen molar-refractivity contribution in [3.63, 3.8) is 0 Å². The smallest absolute Gasteiger partial charge is 0.169 e. The van der Waals surface area contributed by atoms with Crippen molar-refractivity contribution in [1.82, 2.24) is 0 Å². The van der Waals surface area contributed by atoms with Crippen LogP contribution >= 0.6 is 0 Å². The first kappa shape index (κ1) is 10.5. The Morgan fingerprint density at radius 3 is 2.45 bits per heavy atom.